The second-order valence-corrected chi connectivity index (χ2v) is 9.31. The Morgan fingerprint density at radius 1 is 0.857 bits per heavy atom. The highest BCUT2D eigenvalue weighted by atomic mass is 16.2. The smallest absolute Gasteiger partial charge is 0.225 e. The highest BCUT2D eigenvalue weighted by Gasteiger charge is 2.33. The van der Waals surface area contributed by atoms with Crippen LogP contribution in [0.15, 0.2) is 0 Å². The van der Waals surface area contributed by atoms with Crippen LogP contribution >= 0.6 is 0 Å². The molecule has 156 valence electrons. The van der Waals surface area contributed by atoms with E-state index < -0.39 is 0 Å². The summed E-state index contributed by atoms with van der Waals surface area (Å²) in [5.74, 6) is 4.32. The Hall–Kier alpha value is -1.34. The number of likely N-dealkylation sites (tertiary alicyclic amines) is 2. The highest BCUT2D eigenvalue weighted by Crippen LogP contribution is 2.32. The maximum atomic E-state index is 12.9. The van der Waals surface area contributed by atoms with E-state index >= 15 is 0 Å². The number of hydrogen-bond acceptors (Lipinski definition) is 3. The molecule has 0 spiro atoms. The van der Waals surface area contributed by atoms with Gasteiger partial charge in [-0.15, -0.1) is 6.42 Å². The van der Waals surface area contributed by atoms with E-state index in [1.54, 1.807) is 0 Å². The van der Waals surface area contributed by atoms with Crippen molar-refractivity contribution in [1.82, 2.24) is 9.80 Å². The summed E-state index contributed by atoms with van der Waals surface area (Å²) >= 11 is 0. The van der Waals surface area contributed by atoms with Crippen LogP contribution in [-0.2, 0) is 9.59 Å². The van der Waals surface area contributed by atoms with Gasteiger partial charge in [0.1, 0.15) is 0 Å². The van der Waals surface area contributed by atoms with Gasteiger partial charge in [0.2, 0.25) is 11.7 Å². The van der Waals surface area contributed by atoms with E-state index in [-0.39, 0.29) is 17.6 Å². The summed E-state index contributed by atoms with van der Waals surface area (Å²) in [7, 11) is 0. The molecule has 3 fully saturated rings. The lowest BCUT2D eigenvalue weighted by Gasteiger charge is -2.37. The Kier molecular flexibility index (Phi) is 7.97. The normalized spacial score (nSPS) is 28.1. The molecule has 2 aliphatic heterocycles. The maximum Gasteiger partial charge on any atom is 0.225 e. The predicted octanol–water partition coefficient (Wildman–Crippen LogP) is 3.75. The van der Waals surface area contributed by atoms with Gasteiger partial charge in [-0.1, -0.05) is 13.3 Å². The summed E-state index contributed by atoms with van der Waals surface area (Å²) in [6.45, 7) is 7.96. The summed E-state index contributed by atoms with van der Waals surface area (Å²) in [5, 5.41) is 0. The Bertz CT molecular complexity index is 558. The van der Waals surface area contributed by atoms with E-state index in [9.17, 15) is 9.59 Å². The zero-order chi connectivity index (χ0) is 19.9. The van der Waals surface area contributed by atoms with Crippen molar-refractivity contribution in [3.05, 3.63) is 0 Å². The molecule has 28 heavy (non-hydrogen) atoms. The van der Waals surface area contributed by atoms with E-state index in [1.807, 2.05) is 0 Å². The fourth-order valence-electron chi connectivity index (χ4n) is 5.40. The topological polar surface area (TPSA) is 40.6 Å². The number of nitrogens with zero attached hydrogens (tertiary/aromatic N) is 2. The van der Waals surface area contributed by atoms with Crippen LogP contribution in [-0.4, -0.2) is 54.2 Å². The standard InChI is InChI=1S/C24H38N2O2/c1-3-19-9-14-25(15-10-19)16-11-20-12-17-26(18-13-20)24(28)22-7-5-21(6-8-22)23(27)4-2/h2,19-22H,3,5-18H2,1H3. The minimum absolute atomic E-state index is 0.0119. The van der Waals surface area contributed by atoms with Gasteiger partial charge < -0.3 is 9.80 Å². The molecule has 1 aliphatic carbocycles. The lowest BCUT2D eigenvalue weighted by molar-refractivity contribution is -0.139. The summed E-state index contributed by atoms with van der Waals surface area (Å²) in [4.78, 5) is 29.3. The molecule has 0 bridgehead atoms. The molecular formula is C24H38N2O2. The molecular weight excluding hydrogens is 348 g/mol. The van der Waals surface area contributed by atoms with E-state index in [2.05, 4.69) is 22.6 Å². The fourth-order valence-corrected chi connectivity index (χ4v) is 5.40. The van der Waals surface area contributed by atoms with Crippen LogP contribution in [0.4, 0.5) is 0 Å². The number of Topliss-reactive ketones (excluding diaryl/α,β-unsaturated/α-hetero) is 1. The third-order valence-corrected chi connectivity index (χ3v) is 7.65. The van der Waals surface area contributed by atoms with E-state index in [4.69, 9.17) is 6.42 Å². The van der Waals surface area contributed by atoms with Crippen LogP contribution in [0.3, 0.4) is 0 Å². The lowest BCUT2D eigenvalue weighted by atomic mass is 9.79. The Balaban J connectivity index is 1.33. The molecule has 2 heterocycles. The summed E-state index contributed by atoms with van der Waals surface area (Å²) in [5.41, 5.74) is 0. The third kappa shape index (κ3) is 5.60. The molecule has 0 aromatic heterocycles. The second kappa shape index (κ2) is 10.4. The molecule has 0 aromatic rings. The zero-order valence-electron chi connectivity index (χ0n) is 17.7. The number of terminal acetylenes is 1. The second-order valence-electron chi connectivity index (χ2n) is 9.31. The first-order valence-corrected chi connectivity index (χ1v) is 11.6. The van der Waals surface area contributed by atoms with Gasteiger partial charge >= 0.3 is 0 Å². The van der Waals surface area contributed by atoms with Crippen molar-refractivity contribution in [2.75, 3.05) is 32.7 Å². The minimum atomic E-state index is -0.0781. The fraction of sp³-hybridized carbons (Fsp3) is 0.833. The average molecular weight is 387 g/mol. The van der Waals surface area contributed by atoms with Gasteiger partial charge in [-0.05, 0) is 95.2 Å². The van der Waals surface area contributed by atoms with Gasteiger partial charge in [0.15, 0.2) is 0 Å². The molecule has 4 heteroatoms. The largest absolute Gasteiger partial charge is 0.342 e. The summed E-state index contributed by atoms with van der Waals surface area (Å²) in [6, 6.07) is 0. The van der Waals surface area contributed by atoms with Crippen molar-refractivity contribution in [3.8, 4) is 12.3 Å². The number of amides is 1. The van der Waals surface area contributed by atoms with Crippen molar-refractivity contribution in [1.29, 1.82) is 0 Å². The summed E-state index contributed by atoms with van der Waals surface area (Å²) < 4.78 is 0. The van der Waals surface area contributed by atoms with Crippen LogP contribution in [0.2, 0.25) is 0 Å². The predicted molar refractivity (Wildman–Crippen MR) is 113 cm³/mol. The molecule has 0 unspecified atom stereocenters. The minimum Gasteiger partial charge on any atom is -0.342 e. The Morgan fingerprint density at radius 2 is 1.43 bits per heavy atom. The molecule has 0 aromatic carbocycles. The zero-order valence-corrected chi connectivity index (χ0v) is 17.7. The van der Waals surface area contributed by atoms with Gasteiger partial charge in [-0.25, -0.2) is 0 Å². The highest BCUT2D eigenvalue weighted by molar-refractivity contribution is 5.96. The first-order chi connectivity index (χ1) is 13.6. The molecule has 2 saturated heterocycles. The summed E-state index contributed by atoms with van der Waals surface area (Å²) in [6.07, 6.45) is 16.1. The van der Waals surface area contributed by atoms with Gasteiger partial charge in [-0.3, -0.25) is 9.59 Å². The first-order valence-electron chi connectivity index (χ1n) is 11.6. The number of carbonyl (C=O) groups excluding carboxylic acids is 2. The Morgan fingerprint density at radius 3 is 2.00 bits per heavy atom. The molecule has 4 nitrogen and oxygen atoms in total. The maximum absolute atomic E-state index is 12.9. The van der Waals surface area contributed by atoms with Gasteiger partial charge in [0, 0.05) is 24.9 Å². The third-order valence-electron chi connectivity index (χ3n) is 7.65. The van der Waals surface area contributed by atoms with E-state index in [1.165, 1.54) is 45.3 Å². The lowest BCUT2D eigenvalue weighted by Crippen LogP contribution is -2.43. The molecule has 0 atom stereocenters. The SMILES string of the molecule is C#CC(=O)C1CCC(C(=O)N2CCC(CCN3CCC(CC)CC3)CC2)CC1. The van der Waals surface area contributed by atoms with Crippen molar-refractivity contribution >= 4 is 11.7 Å². The van der Waals surface area contributed by atoms with Crippen LogP contribution in [0.5, 0.6) is 0 Å². The number of rotatable bonds is 6. The van der Waals surface area contributed by atoms with Crippen LogP contribution in [0, 0.1) is 36.0 Å². The number of carbonyl (C=O) groups is 2. The average Bonchev–Trinajstić information content (AvgIpc) is 2.77. The van der Waals surface area contributed by atoms with Crippen LogP contribution in [0.25, 0.3) is 0 Å². The van der Waals surface area contributed by atoms with Crippen LogP contribution in [0.1, 0.15) is 71.1 Å². The van der Waals surface area contributed by atoms with Gasteiger partial charge in [0.25, 0.3) is 0 Å². The molecule has 3 rings (SSSR count). The van der Waals surface area contributed by atoms with Crippen molar-refractivity contribution in [2.24, 2.45) is 23.7 Å². The number of hydrogen-bond donors (Lipinski definition) is 0. The first kappa shape index (κ1) is 21.4. The molecule has 0 N–H and O–H groups in total. The van der Waals surface area contributed by atoms with E-state index in [0.717, 1.165) is 63.5 Å². The van der Waals surface area contributed by atoms with Gasteiger partial charge in [-0.2, -0.15) is 0 Å². The van der Waals surface area contributed by atoms with Crippen molar-refractivity contribution < 1.29 is 9.59 Å². The van der Waals surface area contributed by atoms with E-state index in [0.29, 0.717) is 5.91 Å². The van der Waals surface area contributed by atoms with Crippen LogP contribution < -0.4 is 0 Å². The molecule has 1 amide bonds. The van der Waals surface area contributed by atoms with Crippen molar-refractivity contribution in [3.63, 3.8) is 0 Å². The quantitative estimate of drug-likeness (QED) is 0.516. The number of ketones is 1. The number of piperidine rings is 2. The molecule has 1 saturated carbocycles. The van der Waals surface area contributed by atoms with Crippen molar-refractivity contribution in [2.45, 2.75) is 71.1 Å². The van der Waals surface area contributed by atoms with Gasteiger partial charge in [0.05, 0.1) is 0 Å². The monoisotopic (exact) mass is 386 g/mol. The molecule has 3 aliphatic rings. The Labute approximate surface area is 171 Å². The molecule has 0 radical (unpaired) electrons.